The van der Waals surface area contributed by atoms with Crippen LogP contribution in [0.25, 0.3) is 0 Å². The second-order valence-corrected chi connectivity index (χ2v) is 9.58. The van der Waals surface area contributed by atoms with Gasteiger partial charge in [-0.2, -0.15) is 35.7 Å². The Hall–Kier alpha value is -2.61. The minimum absolute atomic E-state index is 0.0381. The molecule has 0 saturated heterocycles. The number of rotatable bonds is 6. The van der Waals surface area contributed by atoms with E-state index in [1.807, 2.05) is 0 Å². The van der Waals surface area contributed by atoms with E-state index in [-0.39, 0.29) is 37.6 Å². The van der Waals surface area contributed by atoms with Gasteiger partial charge in [0.25, 0.3) is 0 Å². The van der Waals surface area contributed by atoms with E-state index in [0.717, 1.165) is 11.4 Å². The van der Waals surface area contributed by atoms with Gasteiger partial charge in [0, 0.05) is 18.3 Å². The zero-order valence-electron chi connectivity index (χ0n) is 17.1. The summed E-state index contributed by atoms with van der Waals surface area (Å²) in [5.74, 6) is -1.06. The molecule has 0 spiro atoms. The summed E-state index contributed by atoms with van der Waals surface area (Å²) in [4.78, 5) is 9.70. The topological polar surface area (TPSA) is 92.5 Å². The third-order valence-electron chi connectivity index (χ3n) is 5.45. The number of halogens is 6. The quantitative estimate of drug-likeness (QED) is 0.605. The Morgan fingerprint density at radius 1 is 1.15 bits per heavy atom. The smallest absolute Gasteiger partial charge is 0.416 e. The van der Waals surface area contributed by atoms with E-state index >= 15 is 0 Å². The highest BCUT2D eigenvalue weighted by atomic mass is 32.2. The molecule has 1 aliphatic carbocycles. The average molecular weight is 499 g/mol. The van der Waals surface area contributed by atoms with Crippen LogP contribution in [0.5, 0.6) is 0 Å². The van der Waals surface area contributed by atoms with Crippen molar-refractivity contribution < 1.29 is 44.7 Å². The molecule has 0 radical (unpaired) electrons. The van der Waals surface area contributed by atoms with Gasteiger partial charge < -0.3 is 5.11 Å². The largest absolute Gasteiger partial charge is 0.481 e. The van der Waals surface area contributed by atoms with Crippen molar-refractivity contribution >= 4 is 16.0 Å². The molecule has 0 saturated carbocycles. The van der Waals surface area contributed by atoms with Crippen LogP contribution in [0.15, 0.2) is 29.3 Å². The maximum absolute atomic E-state index is 13.2. The van der Waals surface area contributed by atoms with E-state index in [9.17, 15) is 39.6 Å². The highest BCUT2D eigenvalue weighted by Crippen LogP contribution is 2.40. The fourth-order valence-electron chi connectivity index (χ4n) is 3.78. The number of alkyl halides is 6. The van der Waals surface area contributed by atoms with Crippen LogP contribution >= 0.6 is 0 Å². The summed E-state index contributed by atoms with van der Waals surface area (Å²) in [6.07, 6.45) is -8.05. The summed E-state index contributed by atoms with van der Waals surface area (Å²) >= 11 is 0. The minimum atomic E-state index is -5.19. The molecule has 2 aromatic rings. The van der Waals surface area contributed by atoms with Crippen LogP contribution < -0.4 is 0 Å². The molecule has 7 nitrogen and oxygen atoms in total. The number of aliphatic carboxylic acids is 1. The van der Waals surface area contributed by atoms with Gasteiger partial charge in [-0.25, -0.2) is 8.42 Å². The van der Waals surface area contributed by atoms with Gasteiger partial charge in [0.2, 0.25) is 10.0 Å². The van der Waals surface area contributed by atoms with E-state index in [1.165, 1.54) is 10.9 Å². The summed E-state index contributed by atoms with van der Waals surface area (Å²) in [6.45, 7) is 0.0381. The standard InChI is InChI=1S/C19H19F6N3O4S/c1-27(15-3-2-4-16-14(15)10-26-28(16)6-5-17(29)30)33(31,32)13-8-11(18(20,21)22)7-12(9-13)19(23,24)25/h7-10,15H,2-6H2,1H3,(H,29,30)/t15-/m1/s1. The predicted octanol–water partition coefficient (Wildman–Crippen LogP) is 4.09. The summed E-state index contributed by atoms with van der Waals surface area (Å²) in [5, 5.41) is 12.9. The number of benzene rings is 1. The maximum atomic E-state index is 13.2. The van der Waals surface area contributed by atoms with Crippen molar-refractivity contribution in [3.63, 3.8) is 0 Å². The van der Waals surface area contributed by atoms with E-state index < -0.39 is 50.4 Å². The molecular formula is C19H19F6N3O4S. The number of carboxylic acids is 1. The lowest BCUT2D eigenvalue weighted by Gasteiger charge is -2.31. The number of aryl methyl sites for hydroxylation is 1. The van der Waals surface area contributed by atoms with Crippen LogP contribution in [0, 0.1) is 0 Å². The summed E-state index contributed by atoms with van der Waals surface area (Å²) in [5.41, 5.74) is -2.44. The first-order valence-corrected chi connectivity index (χ1v) is 11.1. The number of nitrogens with zero attached hydrogens (tertiary/aromatic N) is 3. The molecule has 14 heteroatoms. The Bertz CT molecular complexity index is 1130. The number of sulfonamides is 1. The van der Waals surface area contributed by atoms with Crippen molar-refractivity contribution in [3.8, 4) is 0 Å². The number of hydrogen-bond acceptors (Lipinski definition) is 4. The molecule has 3 rings (SSSR count). The molecule has 0 unspecified atom stereocenters. The van der Waals surface area contributed by atoms with Crippen molar-refractivity contribution in [1.82, 2.24) is 14.1 Å². The first-order chi connectivity index (χ1) is 15.1. The summed E-state index contributed by atoms with van der Waals surface area (Å²) < 4.78 is 107. The average Bonchev–Trinajstić information content (AvgIpc) is 3.13. The lowest BCUT2D eigenvalue weighted by molar-refractivity contribution is -0.143. The lowest BCUT2D eigenvalue weighted by atomic mass is 9.93. The van der Waals surface area contributed by atoms with Gasteiger partial charge in [-0.3, -0.25) is 9.48 Å². The maximum Gasteiger partial charge on any atom is 0.416 e. The van der Waals surface area contributed by atoms with Gasteiger partial charge in [-0.15, -0.1) is 0 Å². The second kappa shape index (κ2) is 8.63. The number of aromatic nitrogens is 2. The van der Waals surface area contributed by atoms with Crippen molar-refractivity contribution in [3.05, 3.63) is 46.8 Å². The van der Waals surface area contributed by atoms with Gasteiger partial charge in [-0.1, -0.05) is 0 Å². The second-order valence-electron chi connectivity index (χ2n) is 7.58. The molecule has 0 aliphatic heterocycles. The van der Waals surface area contributed by atoms with Crippen LogP contribution in [-0.2, 0) is 40.1 Å². The molecule has 0 amide bonds. The monoisotopic (exact) mass is 499 g/mol. The van der Waals surface area contributed by atoms with Crippen molar-refractivity contribution in [2.75, 3.05) is 7.05 Å². The molecule has 0 bridgehead atoms. The van der Waals surface area contributed by atoms with Crippen LogP contribution in [0.2, 0.25) is 0 Å². The molecule has 1 N–H and O–H groups in total. The predicted molar refractivity (Wildman–Crippen MR) is 102 cm³/mol. The van der Waals surface area contributed by atoms with Gasteiger partial charge in [0.05, 0.1) is 41.2 Å². The van der Waals surface area contributed by atoms with E-state index in [4.69, 9.17) is 5.11 Å². The van der Waals surface area contributed by atoms with E-state index in [0.29, 0.717) is 24.1 Å². The van der Waals surface area contributed by atoms with Crippen molar-refractivity contribution in [1.29, 1.82) is 0 Å². The highest BCUT2D eigenvalue weighted by molar-refractivity contribution is 7.89. The SMILES string of the molecule is CN([C@@H]1CCCc2c1cnn2CCC(=O)O)S(=O)(=O)c1cc(C(F)(F)F)cc(C(F)(F)F)c1. The Kier molecular flexibility index (Phi) is 6.54. The normalized spacial score (nSPS) is 17.3. The summed E-state index contributed by atoms with van der Waals surface area (Å²) in [6, 6.07) is -0.659. The molecule has 1 heterocycles. The Morgan fingerprint density at radius 2 is 1.73 bits per heavy atom. The third kappa shape index (κ3) is 5.16. The molecule has 0 fully saturated rings. The molecule has 1 aliphatic rings. The zero-order chi connectivity index (χ0) is 24.8. The number of fused-ring (bicyclic) bond motifs is 1. The molecule has 33 heavy (non-hydrogen) atoms. The lowest BCUT2D eigenvalue weighted by Crippen LogP contribution is -2.33. The first-order valence-electron chi connectivity index (χ1n) is 9.66. The van der Waals surface area contributed by atoms with Crippen LogP contribution in [0.4, 0.5) is 26.3 Å². The fourth-order valence-corrected chi connectivity index (χ4v) is 5.21. The number of carboxylic acid groups (broad SMARTS) is 1. The number of hydrogen-bond donors (Lipinski definition) is 1. The van der Waals surface area contributed by atoms with Crippen molar-refractivity contribution in [2.45, 2.75) is 55.5 Å². The summed E-state index contributed by atoms with van der Waals surface area (Å²) in [7, 11) is -3.68. The Balaban J connectivity index is 2.02. The molecule has 1 aromatic carbocycles. The molecule has 182 valence electrons. The zero-order valence-corrected chi connectivity index (χ0v) is 17.9. The van der Waals surface area contributed by atoms with Crippen LogP contribution in [0.3, 0.4) is 0 Å². The van der Waals surface area contributed by atoms with E-state index in [2.05, 4.69) is 5.10 Å². The van der Waals surface area contributed by atoms with Crippen LogP contribution in [-0.4, -0.2) is 40.6 Å². The molecule has 1 aromatic heterocycles. The minimum Gasteiger partial charge on any atom is -0.481 e. The van der Waals surface area contributed by atoms with Crippen molar-refractivity contribution in [2.24, 2.45) is 0 Å². The van der Waals surface area contributed by atoms with Gasteiger partial charge in [-0.05, 0) is 37.5 Å². The van der Waals surface area contributed by atoms with Gasteiger partial charge in [0.1, 0.15) is 0 Å². The Labute approximate surface area is 184 Å². The fraction of sp³-hybridized carbons (Fsp3) is 0.474. The molecule has 1 atom stereocenters. The highest BCUT2D eigenvalue weighted by Gasteiger charge is 2.40. The molecular weight excluding hydrogens is 480 g/mol. The van der Waals surface area contributed by atoms with Gasteiger partial charge in [0.15, 0.2) is 0 Å². The third-order valence-corrected chi connectivity index (χ3v) is 7.29. The Morgan fingerprint density at radius 3 is 2.24 bits per heavy atom. The van der Waals surface area contributed by atoms with Crippen LogP contribution in [0.1, 0.15) is 47.7 Å². The van der Waals surface area contributed by atoms with E-state index in [1.54, 1.807) is 0 Å². The van der Waals surface area contributed by atoms with Gasteiger partial charge >= 0.3 is 18.3 Å². The number of carbonyl (C=O) groups is 1. The first kappa shape index (κ1) is 25.0.